The van der Waals surface area contributed by atoms with Crippen LogP contribution >= 0.6 is 11.3 Å². The smallest absolute Gasteiger partial charge is 0.241 e. The Hall–Kier alpha value is -1.44. The van der Waals surface area contributed by atoms with E-state index in [4.69, 9.17) is 0 Å². The van der Waals surface area contributed by atoms with Crippen molar-refractivity contribution in [1.82, 2.24) is 9.71 Å². The third kappa shape index (κ3) is 3.66. The van der Waals surface area contributed by atoms with Crippen molar-refractivity contribution in [2.24, 2.45) is 0 Å². The highest BCUT2D eigenvalue weighted by Gasteiger charge is 2.20. The molecule has 0 saturated heterocycles. The zero-order chi connectivity index (χ0) is 16.5. The van der Waals surface area contributed by atoms with Gasteiger partial charge in [-0.15, -0.1) is 11.3 Å². The van der Waals surface area contributed by atoms with Crippen molar-refractivity contribution in [3.8, 4) is 0 Å². The summed E-state index contributed by atoms with van der Waals surface area (Å²) < 4.78 is 27.8. The highest BCUT2D eigenvalue weighted by atomic mass is 32.2. The largest absolute Gasteiger partial charge is 0.377 e. The third-order valence-electron chi connectivity index (χ3n) is 3.39. The van der Waals surface area contributed by atoms with Crippen molar-refractivity contribution >= 4 is 27.0 Å². The maximum atomic E-state index is 12.6. The zero-order valence-corrected chi connectivity index (χ0v) is 15.0. The fourth-order valence-electron chi connectivity index (χ4n) is 2.18. The molecule has 0 saturated carbocycles. The van der Waals surface area contributed by atoms with E-state index in [-0.39, 0.29) is 10.9 Å². The Bertz CT molecular complexity index is 767. The Balaban J connectivity index is 2.29. The van der Waals surface area contributed by atoms with Crippen LogP contribution in [-0.4, -0.2) is 27.5 Å². The van der Waals surface area contributed by atoms with Crippen molar-refractivity contribution in [3.05, 3.63) is 39.8 Å². The molecule has 0 fully saturated rings. The minimum absolute atomic E-state index is 0.264. The summed E-state index contributed by atoms with van der Waals surface area (Å²) in [6.45, 7) is 5.66. The van der Waals surface area contributed by atoms with Gasteiger partial charge in [-0.25, -0.2) is 18.1 Å². The van der Waals surface area contributed by atoms with Crippen LogP contribution in [0, 0.1) is 13.8 Å². The molecule has 7 heteroatoms. The quantitative estimate of drug-likeness (QED) is 0.910. The van der Waals surface area contributed by atoms with Gasteiger partial charge in [0.1, 0.15) is 0 Å². The number of aromatic nitrogens is 1. The van der Waals surface area contributed by atoms with Crippen molar-refractivity contribution in [1.29, 1.82) is 0 Å². The van der Waals surface area contributed by atoms with Gasteiger partial charge in [-0.3, -0.25) is 0 Å². The van der Waals surface area contributed by atoms with Crippen molar-refractivity contribution in [3.63, 3.8) is 0 Å². The van der Waals surface area contributed by atoms with Crippen LogP contribution in [-0.2, 0) is 10.0 Å². The van der Waals surface area contributed by atoms with Gasteiger partial charge in [0, 0.05) is 25.2 Å². The molecule has 0 amide bonds. The van der Waals surface area contributed by atoms with E-state index in [1.165, 1.54) is 11.3 Å². The molecule has 2 rings (SSSR count). The first-order valence-corrected chi connectivity index (χ1v) is 9.29. The summed E-state index contributed by atoms with van der Waals surface area (Å²) in [7, 11) is 0.208. The SMILES string of the molecule is Cc1nc(C(C)NS(=O)(=O)c2ccc(C)c(N(C)C)c2)cs1. The highest BCUT2D eigenvalue weighted by molar-refractivity contribution is 7.89. The lowest BCUT2D eigenvalue weighted by atomic mass is 10.2. The van der Waals surface area contributed by atoms with Gasteiger partial charge in [0.05, 0.1) is 21.6 Å². The van der Waals surface area contributed by atoms with Crippen LogP contribution in [0.3, 0.4) is 0 Å². The first kappa shape index (κ1) is 16.9. The van der Waals surface area contributed by atoms with Crippen molar-refractivity contribution < 1.29 is 8.42 Å². The molecule has 120 valence electrons. The molecule has 1 unspecified atom stereocenters. The monoisotopic (exact) mass is 339 g/mol. The maximum Gasteiger partial charge on any atom is 0.241 e. The minimum Gasteiger partial charge on any atom is -0.377 e. The van der Waals surface area contributed by atoms with E-state index < -0.39 is 10.0 Å². The molecule has 1 atom stereocenters. The average Bonchev–Trinajstić information content (AvgIpc) is 2.85. The van der Waals surface area contributed by atoms with Gasteiger partial charge in [-0.05, 0) is 38.5 Å². The Kier molecular flexibility index (Phi) is 4.89. The summed E-state index contributed by atoms with van der Waals surface area (Å²) in [5.41, 5.74) is 2.66. The van der Waals surface area contributed by atoms with Crippen LogP contribution < -0.4 is 9.62 Å². The minimum atomic E-state index is -3.58. The lowest BCUT2D eigenvalue weighted by Crippen LogP contribution is -2.27. The summed E-state index contributed by atoms with van der Waals surface area (Å²) in [6.07, 6.45) is 0. The molecule has 0 aliphatic carbocycles. The molecule has 1 aromatic carbocycles. The zero-order valence-electron chi connectivity index (χ0n) is 13.4. The lowest BCUT2D eigenvalue weighted by molar-refractivity contribution is 0.564. The Labute approximate surface area is 136 Å². The number of anilines is 1. The normalized spacial score (nSPS) is 13.1. The van der Waals surface area contributed by atoms with E-state index in [1.807, 2.05) is 44.3 Å². The fourth-order valence-corrected chi connectivity index (χ4v) is 4.12. The molecule has 0 bridgehead atoms. The number of sulfonamides is 1. The second-order valence-electron chi connectivity index (χ2n) is 5.48. The predicted octanol–water partition coefficient (Wildman–Crippen LogP) is 2.87. The standard InChI is InChI=1S/C15H21N3O2S2/c1-10-6-7-13(8-15(10)18(4)5)22(19,20)17-11(2)14-9-21-12(3)16-14/h6-9,11,17H,1-5H3. The van der Waals surface area contributed by atoms with Crippen molar-refractivity contribution in [2.75, 3.05) is 19.0 Å². The molecule has 2 aromatic rings. The van der Waals surface area contributed by atoms with E-state index in [0.717, 1.165) is 22.0 Å². The van der Waals surface area contributed by atoms with Gasteiger partial charge in [0.2, 0.25) is 10.0 Å². The van der Waals surface area contributed by atoms with Gasteiger partial charge in [-0.1, -0.05) is 6.07 Å². The van der Waals surface area contributed by atoms with Gasteiger partial charge < -0.3 is 4.90 Å². The molecule has 0 aliphatic heterocycles. The second-order valence-corrected chi connectivity index (χ2v) is 8.25. The van der Waals surface area contributed by atoms with Crippen LogP contribution in [0.25, 0.3) is 0 Å². The van der Waals surface area contributed by atoms with E-state index in [1.54, 1.807) is 19.1 Å². The molecular weight excluding hydrogens is 318 g/mol. The molecule has 0 aliphatic rings. The lowest BCUT2D eigenvalue weighted by Gasteiger charge is -2.18. The van der Waals surface area contributed by atoms with Crippen LogP contribution in [0.4, 0.5) is 5.69 Å². The number of hydrogen-bond donors (Lipinski definition) is 1. The van der Waals surface area contributed by atoms with Gasteiger partial charge in [0.15, 0.2) is 0 Å². The number of thiazole rings is 1. The van der Waals surface area contributed by atoms with Crippen LogP contribution in [0.5, 0.6) is 0 Å². The van der Waals surface area contributed by atoms with E-state index in [2.05, 4.69) is 9.71 Å². The molecule has 1 heterocycles. The number of hydrogen-bond acceptors (Lipinski definition) is 5. The van der Waals surface area contributed by atoms with Crippen LogP contribution in [0.1, 0.15) is 29.2 Å². The maximum absolute atomic E-state index is 12.6. The number of nitrogens with one attached hydrogen (secondary N) is 1. The molecule has 1 aromatic heterocycles. The Morgan fingerprint density at radius 3 is 2.50 bits per heavy atom. The summed E-state index contributed by atoms with van der Waals surface area (Å²) >= 11 is 1.51. The van der Waals surface area contributed by atoms with Crippen LogP contribution in [0.2, 0.25) is 0 Å². The molecule has 1 N–H and O–H groups in total. The van der Waals surface area contributed by atoms with Crippen LogP contribution in [0.15, 0.2) is 28.5 Å². The highest BCUT2D eigenvalue weighted by Crippen LogP contribution is 2.24. The number of aryl methyl sites for hydroxylation is 2. The summed E-state index contributed by atoms with van der Waals surface area (Å²) in [5, 5.41) is 2.80. The summed E-state index contributed by atoms with van der Waals surface area (Å²) in [6, 6.07) is 4.78. The van der Waals surface area contributed by atoms with E-state index in [0.29, 0.717) is 0 Å². The van der Waals surface area contributed by atoms with E-state index in [9.17, 15) is 8.42 Å². The summed E-state index contributed by atoms with van der Waals surface area (Å²) in [4.78, 5) is 6.50. The van der Waals surface area contributed by atoms with Gasteiger partial charge in [0.25, 0.3) is 0 Å². The number of rotatable bonds is 5. The molecular formula is C15H21N3O2S2. The first-order chi connectivity index (χ1) is 10.2. The summed E-state index contributed by atoms with van der Waals surface area (Å²) in [5.74, 6) is 0. The third-order valence-corrected chi connectivity index (χ3v) is 5.72. The molecule has 0 radical (unpaired) electrons. The van der Waals surface area contributed by atoms with Gasteiger partial charge >= 0.3 is 0 Å². The molecule has 5 nitrogen and oxygen atoms in total. The van der Waals surface area contributed by atoms with E-state index >= 15 is 0 Å². The first-order valence-electron chi connectivity index (χ1n) is 6.93. The second kappa shape index (κ2) is 6.36. The molecule has 0 spiro atoms. The average molecular weight is 339 g/mol. The Morgan fingerprint density at radius 2 is 1.95 bits per heavy atom. The molecule has 22 heavy (non-hydrogen) atoms. The number of benzene rings is 1. The van der Waals surface area contributed by atoms with Gasteiger partial charge in [-0.2, -0.15) is 0 Å². The fraction of sp³-hybridized carbons (Fsp3) is 0.400. The Morgan fingerprint density at radius 1 is 1.27 bits per heavy atom. The number of nitrogens with zero attached hydrogens (tertiary/aromatic N) is 2. The predicted molar refractivity (Wildman–Crippen MR) is 91.1 cm³/mol. The topological polar surface area (TPSA) is 62.3 Å². The van der Waals surface area contributed by atoms with Crippen molar-refractivity contribution in [2.45, 2.75) is 31.7 Å².